The largest absolute Gasteiger partial charge is 0.480 e. The van der Waals surface area contributed by atoms with Gasteiger partial charge in [0.1, 0.15) is 5.54 Å². The van der Waals surface area contributed by atoms with E-state index in [2.05, 4.69) is 24.5 Å². The molecule has 1 aromatic carbocycles. The number of hydrogen-bond acceptors (Lipinski definition) is 3. The smallest absolute Gasteiger partial charge is 0.323 e. The average Bonchev–Trinajstić information content (AvgIpc) is 2.37. The summed E-state index contributed by atoms with van der Waals surface area (Å²) in [6.07, 6.45) is 2.05. The minimum atomic E-state index is -0.906. The van der Waals surface area contributed by atoms with Gasteiger partial charge in [-0.1, -0.05) is 26.0 Å². The molecule has 1 aliphatic carbocycles. The number of benzene rings is 1. The molecule has 5 heteroatoms. The van der Waals surface area contributed by atoms with Crippen molar-refractivity contribution in [3.63, 3.8) is 0 Å². The third-order valence-electron chi connectivity index (χ3n) is 4.04. The summed E-state index contributed by atoms with van der Waals surface area (Å²) in [5.74, 6) is -0.697. The highest BCUT2D eigenvalue weighted by molar-refractivity contribution is 5.93. The van der Waals surface area contributed by atoms with Gasteiger partial charge in [-0.05, 0) is 42.9 Å². The molecule has 3 N–H and O–H groups in total. The first-order valence-corrected chi connectivity index (χ1v) is 7.31. The van der Waals surface area contributed by atoms with Crippen LogP contribution in [0.5, 0.6) is 0 Å². The van der Waals surface area contributed by atoms with E-state index in [1.165, 1.54) is 0 Å². The normalized spacial score (nSPS) is 16.3. The number of carbonyl (C=O) groups is 2. The molecule has 0 heterocycles. The lowest BCUT2D eigenvalue weighted by Gasteiger charge is -2.38. The second-order valence-electron chi connectivity index (χ2n) is 5.92. The van der Waals surface area contributed by atoms with Crippen LogP contribution in [0.25, 0.3) is 0 Å². The van der Waals surface area contributed by atoms with Crippen LogP contribution < -0.4 is 10.6 Å². The minimum absolute atomic E-state index is 0.0121. The predicted molar refractivity (Wildman–Crippen MR) is 81.4 cm³/mol. The summed E-state index contributed by atoms with van der Waals surface area (Å²) in [6, 6.07) is 7.70. The van der Waals surface area contributed by atoms with Gasteiger partial charge in [0.05, 0.1) is 6.54 Å². The van der Waals surface area contributed by atoms with E-state index < -0.39 is 11.5 Å². The van der Waals surface area contributed by atoms with Gasteiger partial charge < -0.3 is 10.4 Å². The first kappa shape index (κ1) is 15.5. The Balaban J connectivity index is 1.90. The lowest BCUT2D eigenvalue weighted by Crippen LogP contribution is -2.58. The van der Waals surface area contributed by atoms with Gasteiger partial charge >= 0.3 is 5.97 Å². The number of hydrogen-bond donors (Lipinski definition) is 3. The van der Waals surface area contributed by atoms with Crippen molar-refractivity contribution in [1.82, 2.24) is 5.32 Å². The standard InChI is InChI=1S/C16H22N2O3/c1-11(2)12-5-3-6-13(9-12)18-14(19)10-17-16(15(20)21)7-4-8-16/h3,5-6,9,11,17H,4,7-8,10H2,1-2H3,(H,18,19)(H,20,21). The first-order chi connectivity index (χ1) is 9.93. The fourth-order valence-electron chi connectivity index (χ4n) is 2.43. The lowest BCUT2D eigenvalue weighted by molar-refractivity contribution is -0.148. The highest BCUT2D eigenvalue weighted by atomic mass is 16.4. The number of amides is 1. The number of carbonyl (C=O) groups excluding carboxylic acids is 1. The van der Waals surface area contributed by atoms with Gasteiger partial charge in [0, 0.05) is 5.69 Å². The second kappa shape index (κ2) is 6.26. The van der Waals surface area contributed by atoms with Crippen molar-refractivity contribution in [2.45, 2.75) is 44.6 Å². The zero-order valence-electron chi connectivity index (χ0n) is 12.5. The summed E-state index contributed by atoms with van der Waals surface area (Å²) >= 11 is 0. The molecule has 1 fully saturated rings. The van der Waals surface area contributed by atoms with Crippen LogP contribution in [0.3, 0.4) is 0 Å². The Kier molecular flexibility index (Phi) is 4.63. The Hall–Kier alpha value is -1.88. The van der Waals surface area contributed by atoms with Gasteiger partial charge in [-0.25, -0.2) is 0 Å². The van der Waals surface area contributed by atoms with Crippen LogP contribution >= 0.6 is 0 Å². The van der Waals surface area contributed by atoms with E-state index in [9.17, 15) is 14.7 Å². The summed E-state index contributed by atoms with van der Waals surface area (Å²) in [5, 5.41) is 14.9. The Morgan fingerprint density at radius 2 is 2.05 bits per heavy atom. The van der Waals surface area contributed by atoms with Crippen LogP contribution in [0.1, 0.15) is 44.6 Å². The molecule has 0 saturated heterocycles. The predicted octanol–water partition coefficient (Wildman–Crippen LogP) is 2.35. The van der Waals surface area contributed by atoms with Gasteiger partial charge in [0.2, 0.25) is 5.91 Å². The van der Waals surface area contributed by atoms with E-state index in [4.69, 9.17) is 0 Å². The molecular formula is C16H22N2O3. The maximum absolute atomic E-state index is 11.9. The third kappa shape index (κ3) is 3.61. The zero-order valence-corrected chi connectivity index (χ0v) is 12.5. The molecule has 0 spiro atoms. The molecule has 114 valence electrons. The SMILES string of the molecule is CC(C)c1cccc(NC(=O)CNC2(C(=O)O)CCC2)c1. The van der Waals surface area contributed by atoms with Gasteiger partial charge in [-0.3, -0.25) is 14.9 Å². The monoisotopic (exact) mass is 290 g/mol. The van der Waals surface area contributed by atoms with Crippen LogP contribution in [-0.4, -0.2) is 29.1 Å². The van der Waals surface area contributed by atoms with Crippen LogP contribution in [0.2, 0.25) is 0 Å². The highest BCUT2D eigenvalue weighted by Crippen LogP contribution is 2.31. The van der Waals surface area contributed by atoms with Crippen LogP contribution in [0.15, 0.2) is 24.3 Å². The van der Waals surface area contributed by atoms with Gasteiger partial charge in [0.25, 0.3) is 0 Å². The molecule has 0 aromatic heterocycles. The zero-order chi connectivity index (χ0) is 15.5. The Bertz CT molecular complexity index is 536. The molecule has 21 heavy (non-hydrogen) atoms. The van der Waals surface area contributed by atoms with Crippen LogP contribution in [0, 0.1) is 0 Å². The van der Waals surface area contributed by atoms with Gasteiger partial charge in [0.15, 0.2) is 0 Å². The Morgan fingerprint density at radius 3 is 2.57 bits per heavy atom. The summed E-state index contributed by atoms with van der Waals surface area (Å²) < 4.78 is 0. The molecule has 1 aromatic rings. The van der Waals surface area contributed by atoms with Crippen LogP contribution in [0.4, 0.5) is 5.69 Å². The molecule has 0 unspecified atom stereocenters. The summed E-state index contributed by atoms with van der Waals surface area (Å²) in [7, 11) is 0. The van der Waals surface area contributed by atoms with Crippen molar-refractivity contribution >= 4 is 17.6 Å². The van der Waals surface area contributed by atoms with E-state index in [0.29, 0.717) is 18.8 Å². The third-order valence-corrected chi connectivity index (χ3v) is 4.04. The molecule has 2 rings (SSSR count). The average molecular weight is 290 g/mol. The van der Waals surface area contributed by atoms with E-state index in [1.54, 1.807) is 0 Å². The number of nitrogens with one attached hydrogen (secondary N) is 2. The number of anilines is 1. The van der Waals surface area contributed by atoms with Crippen molar-refractivity contribution in [3.8, 4) is 0 Å². The fourth-order valence-corrected chi connectivity index (χ4v) is 2.43. The topological polar surface area (TPSA) is 78.4 Å². The number of rotatable bonds is 6. The summed E-state index contributed by atoms with van der Waals surface area (Å²) in [5.41, 5.74) is 0.990. The number of carboxylic acids is 1. The van der Waals surface area contributed by atoms with Crippen molar-refractivity contribution < 1.29 is 14.7 Å². The molecule has 1 amide bonds. The van der Waals surface area contributed by atoms with E-state index >= 15 is 0 Å². The second-order valence-corrected chi connectivity index (χ2v) is 5.92. The summed E-state index contributed by atoms with van der Waals surface area (Å²) in [6.45, 7) is 4.20. The number of carboxylic acid groups (broad SMARTS) is 1. The molecule has 0 atom stereocenters. The highest BCUT2D eigenvalue weighted by Gasteiger charge is 2.44. The quantitative estimate of drug-likeness (QED) is 0.751. The van der Waals surface area contributed by atoms with Crippen LogP contribution in [-0.2, 0) is 9.59 Å². The molecular weight excluding hydrogens is 268 g/mol. The number of aliphatic carboxylic acids is 1. The molecule has 5 nitrogen and oxygen atoms in total. The first-order valence-electron chi connectivity index (χ1n) is 7.31. The molecule has 0 aliphatic heterocycles. The van der Waals surface area contributed by atoms with Gasteiger partial charge in [-0.15, -0.1) is 0 Å². The molecule has 1 aliphatic rings. The van der Waals surface area contributed by atoms with Gasteiger partial charge in [-0.2, -0.15) is 0 Å². The Labute approximate surface area is 124 Å². The van der Waals surface area contributed by atoms with E-state index in [0.717, 1.165) is 17.7 Å². The van der Waals surface area contributed by atoms with Crippen molar-refractivity contribution in [2.75, 3.05) is 11.9 Å². The Morgan fingerprint density at radius 1 is 1.33 bits per heavy atom. The van der Waals surface area contributed by atoms with E-state index in [-0.39, 0.29) is 12.5 Å². The summed E-state index contributed by atoms with van der Waals surface area (Å²) in [4.78, 5) is 23.1. The van der Waals surface area contributed by atoms with Crippen molar-refractivity contribution in [3.05, 3.63) is 29.8 Å². The van der Waals surface area contributed by atoms with E-state index in [1.807, 2.05) is 24.3 Å². The maximum Gasteiger partial charge on any atom is 0.323 e. The molecule has 0 bridgehead atoms. The van der Waals surface area contributed by atoms with Crippen molar-refractivity contribution in [2.24, 2.45) is 0 Å². The minimum Gasteiger partial charge on any atom is -0.480 e. The van der Waals surface area contributed by atoms with Crippen molar-refractivity contribution in [1.29, 1.82) is 0 Å². The molecule has 0 radical (unpaired) electrons. The molecule has 1 saturated carbocycles. The maximum atomic E-state index is 11.9. The lowest BCUT2D eigenvalue weighted by atomic mass is 9.77. The fraction of sp³-hybridized carbons (Fsp3) is 0.500.